The summed E-state index contributed by atoms with van der Waals surface area (Å²) in [5.41, 5.74) is 6.28. The van der Waals surface area contributed by atoms with Crippen molar-refractivity contribution in [2.75, 3.05) is 25.4 Å². The van der Waals surface area contributed by atoms with E-state index in [0.717, 1.165) is 40.7 Å². The molecule has 226 valence electrons. The second-order valence-electron chi connectivity index (χ2n) is 11.6. The maximum atomic E-state index is 13.0. The Balaban J connectivity index is 1.03. The third kappa shape index (κ3) is 6.78. The standard InChI is InChI=1S/C35H38N6O2S/c1-25-15-17-30-29(22-25)33-34(41(30)24-28-12-7-4-8-13-28)36-35(38-37-33)44-21-9-14-31(42)39-19-20-40(26(2)23-39)32(43)18-16-27-10-5-3-6-11-27/h3-8,10-13,15,17,22,26H,9,14,16,18-21,23-24H2,1-2H3. The number of piperazine rings is 1. The number of carbonyl (C=O) groups is 2. The van der Waals surface area contributed by atoms with Gasteiger partial charge in [-0.15, -0.1) is 10.2 Å². The fraction of sp³-hybridized carbons (Fsp3) is 0.343. The molecular weight excluding hydrogens is 568 g/mol. The minimum atomic E-state index is 0.0166. The molecule has 1 atom stereocenters. The highest BCUT2D eigenvalue weighted by Gasteiger charge is 2.29. The van der Waals surface area contributed by atoms with Gasteiger partial charge in [-0.2, -0.15) is 0 Å². The predicted octanol–water partition coefficient (Wildman–Crippen LogP) is 5.90. The summed E-state index contributed by atoms with van der Waals surface area (Å²) in [6.45, 7) is 6.57. The molecule has 6 rings (SSSR count). The zero-order valence-electron chi connectivity index (χ0n) is 25.4. The lowest BCUT2D eigenvalue weighted by atomic mass is 10.1. The number of aromatic nitrogens is 4. The van der Waals surface area contributed by atoms with Crippen LogP contribution in [-0.2, 0) is 22.6 Å². The number of amides is 2. The van der Waals surface area contributed by atoms with E-state index in [-0.39, 0.29) is 17.9 Å². The monoisotopic (exact) mass is 606 g/mol. The van der Waals surface area contributed by atoms with Gasteiger partial charge in [0.1, 0.15) is 5.52 Å². The van der Waals surface area contributed by atoms with Crippen LogP contribution in [0.25, 0.3) is 22.1 Å². The van der Waals surface area contributed by atoms with E-state index >= 15 is 0 Å². The Morgan fingerprint density at radius 3 is 2.39 bits per heavy atom. The molecule has 1 saturated heterocycles. The van der Waals surface area contributed by atoms with Crippen LogP contribution >= 0.6 is 11.8 Å². The molecule has 8 nitrogen and oxygen atoms in total. The number of nitrogens with zero attached hydrogens (tertiary/aromatic N) is 6. The fourth-order valence-corrected chi connectivity index (χ4v) is 6.70. The van der Waals surface area contributed by atoms with E-state index in [1.807, 2.05) is 41.0 Å². The summed E-state index contributed by atoms with van der Waals surface area (Å²) in [6, 6.07) is 26.9. The average molecular weight is 607 g/mol. The molecule has 0 bridgehead atoms. The summed E-state index contributed by atoms with van der Waals surface area (Å²) in [5, 5.41) is 10.7. The number of hydrogen-bond donors (Lipinski definition) is 0. The molecule has 1 aliphatic heterocycles. The lowest BCUT2D eigenvalue weighted by Gasteiger charge is -2.40. The first-order valence-electron chi connectivity index (χ1n) is 15.4. The smallest absolute Gasteiger partial charge is 0.223 e. The maximum Gasteiger partial charge on any atom is 0.223 e. The molecule has 5 aromatic rings. The molecule has 44 heavy (non-hydrogen) atoms. The van der Waals surface area contributed by atoms with Gasteiger partial charge in [-0.1, -0.05) is 84.1 Å². The average Bonchev–Trinajstić information content (AvgIpc) is 3.34. The number of carbonyl (C=O) groups excluding carboxylic acids is 2. The van der Waals surface area contributed by atoms with Crippen molar-refractivity contribution in [3.05, 3.63) is 95.6 Å². The molecule has 1 unspecified atom stereocenters. The number of fused-ring (bicyclic) bond motifs is 3. The topological polar surface area (TPSA) is 84.2 Å². The van der Waals surface area contributed by atoms with Crippen molar-refractivity contribution in [3.63, 3.8) is 0 Å². The Bertz CT molecular complexity index is 1760. The molecule has 1 fully saturated rings. The van der Waals surface area contributed by atoms with E-state index in [9.17, 15) is 9.59 Å². The van der Waals surface area contributed by atoms with Crippen molar-refractivity contribution in [1.82, 2.24) is 29.5 Å². The Hall–Kier alpha value is -4.24. The predicted molar refractivity (Wildman–Crippen MR) is 176 cm³/mol. The van der Waals surface area contributed by atoms with Crippen LogP contribution in [0.5, 0.6) is 0 Å². The van der Waals surface area contributed by atoms with Gasteiger partial charge in [0.15, 0.2) is 5.65 Å². The highest BCUT2D eigenvalue weighted by atomic mass is 32.2. The summed E-state index contributed by atoms with van der Waals surface area (Å²) in [6.07, 6.45) is 2.42. The minimum absolute atomic E-state index is 0.0166. The van der Waals surface area contributed by atoms with Gasteiger partial charge >= 0.3 is 0 Å². The zero-order chi connectivity index (χ0) is 30.5. The van der Waals surface area contributed by atoms with E-state index in [0.29, 0.717) is 44.2 Å². The molecule has 2 amide bonds. The number of aryl methyl sites for hydroxylation is 2. The van der Waals surface area contributed by atoms with Gasteiger partial charge in [0.25, 0.3) is 0 Å². The van der Waals surface area contributed by atoms with Gasteiger partial charge in [0, 0.05) is 56.2 Å². The van der Waals surface area contributed by atoms with Crippen LogP contribution in [0, 0.1) is 6.92 Å². The maximum absolute atomic E-state index is 13.0. The van der Waals surface area contributed by atoms with Crippen molar-refractivity contribution < 1.29 is 9.59 Å². The number of thioether (sulfide) groups is 1. The van der Waals surface area contributed by atoms with Crippen LogP contribution in [0.1, 0.15) is 42.9 Å². The largest absolute Gasteiger partial charge is 0.339 e. The minimum Gasteiger partial charge on any atom is -0.339 e. The SMILES string of the molecule is Cc1ccc2c(c1)c1nnc(SCCCC(=O)N3CCN(C(=O)CCc4ccccc4)C(C)C3)nc1n2Cc1ccccc1. The van der Waals surface area contributed by atoms with Crippen molar-refractivity contribution >= 4 is 45.6 Å². The molecular formula is C35H38N6O2S. The van der Waals surface area contributed by atoms with E-state index in [4.69, 9.17) is 4.98 Å². The van der Waals surface area contributed by atoms with Gasteiger partial charge in [0.05, 0.1) is 5.52 Å². The van der Waals surface area contributed by atoms with Crippen molar-refractivity contribution in [2.24, 2.45) is 0 Å². The van der Waals surface area contributed by atoms with E-state index in [2.05, 4.69) is 76.3 Å². The molecule has 2 aromatic heterocycles. The number of rotatable bonds is 10. The Morgan fingerprint density at radius 1 is 0.886 bits per heavy atom. The van der Waals surface area contributed by atoms with Crippen molar-refractivity contribution in [3.8, 4) is 0 Å². The van der Waals surface area contributed by atoms with Gasteiger partial charge in [0.2, 0.25) is 17.0 Å². The van der Waals surface area contributed by atoms with Crippen LogP contribution in [-0.4, -0.2) is 72.8 Å². The summed E-state index contributed by atoms with van der Waals surface area (Å²) in [4.78, 5) is 34.7. The first-order valence-corrected chi connectivity index (χ1v) is 16.4. The van der Waals surface area contributed by atoms with Crippen molar-refractivity contribution in [2.45, 2.75) is 57.3 Å². The van der Waals surface area contributed by atoms with Crippen molar-refractivity contribution in [1.29, 1.82) is 0 Å². The normalized spacial score (nSPS) is 15.3. The first-order chi connectivity index (χ1) is 21.5. The second-order valence-corrected chi connectivity index (χ2v) is 12.6. The van der Waals surface area contributed by atoms with Gasteiger partial charge in [-0.25, -0.2) is 4.98 Å². The highest BCUT2D eigenvalue weighted by Crippen LogP contribution is 2.29. The van der Waals surface area contributed by atoms with Gasteiger partial charge < -0.3 is 14.4 Å². The number of benzene rings is 3. The molecule has 1 aliphatic rings. The van der Waals surface area contributed by atoms with Crippen LogP contribution in [0.15, 0.2) is 84.0 Å². The third-order valence-electron chi connectivity index (χ3n) is 8.32. The summed E-state index contributed by atoms with van der Waals surface area (Å²) in [5.74, 6) is 1.03. The van der Waals surface area contributed by atoms with E-state index < -0.39 is 0 Å². The molecule has 3 aromatic carbocycles. The van der Waals surface area contributed by atoms with Crippen LogP contribution in [0.2, 0.25) is 0 Å². The Morgan fingerprint density at radius 2 is 1.64 bits per heavy atom. The Kier molecular flexibility index (Phi) is 9.21. The van der Waals surface area contributed by atoms with Crippen LogP contribution in [0.4, 0.5) is 0 Å². The quantitative estimate of drug-likeness (QED) is 0.145. The van der Waals surface area contributed by atoms with Crippen LogP contribution < -0.4 is 0 Å². The lowest BCUT2D eigenvalue weighted by Crippen LogP contribution is -2.55. The summed E-state index contributed by atoms with van der Waals surface area (Å²) in [7, 11) is 0. The molecule has 9 heteroatoms. The molecule has 3 heterocycles. The molecule has 0 aliphatic carbocycles. The van der Waals surface area contributed by atoms with Gasteiger partial charge in [-0.05, 0) is 49.9 Å². The first kappa shape index (κ1) is 29.8. The summed E-state index contributed by atoms with van der Waals surface area (Å²) < 4.78 is 2.22. The number of hydrogen-bond acceptors (Lipinski definition) is 6. The highest BCUT2D eigenvalue weighted by molar-refractivity contribution is 7.99. The molecule has 0 radical (unpaired) electrons. The Labute approximate surface area is 262 Å². The summed E-state index contributed by atoms with van der Waals surface area (Å²) >= 11 is 1.54. The van der Waals surface area contributed by atoms with Crippen LogP contribution in [0.3, 0.4) is 0 Å². The second kappa shape index (κ2) is 13.6. The zero-order valence-corrected chi connectivity index (χ0v) is 26.2. The molecule has 0 N–H and O–H groups in total. The molecule has 0 spiro atoms. The third-order valence-corrected chi connectivity index (χ3v) is 9.25. The molecule has 0 saturated carbocycles. The van der Waals surface area contributed by atoms with Gasteiger partial charge in [-0.3, -0.25) is 9.59 Å². The van der Waals surface area contributed by atoms with E-state index in [1.54, 1.807) is 0 Å². The fourth-order valence-electron chi connectivity index (χ4n) is 5.98. The lowest BCUT2D eigenvalue weighted by molar-refractivity contribution is -0.142. The van der Waals surface area contributed by atoms with E-state index in [1.165, 1.54) is 28.5 Å².